The van der Waals surface area contributed by atoms with Gasteiger partial charge in [0, 0.05) is 18.4 Å². The van der Waals surface area contributed by atoms with Crippen LogP contribution in [0.5, 0.6) is 0 Å². The summed E-state index contributed by atoms with van der Waals surface area (Å²) in [5.41, 5.74) is 1.38. The first kappa shape index (κ1) is 14.3. The van der Waals surface area contributed by atoms with Crippen molar-refractivity contribution in [2.75, 3.05) is 11.9 Å². The van der Waals surface area contributed by atoms with Crippen LogP contribution in [0.3, 0.4) is 0 Å². The summed E-state index contributed by atoms with van der Waals surface area (Å²) in [5, 5.41) is 11.4. The molecule has 1 aromatic rings. The molecule has 1 heterocycles. The fourth-order valence-electron chi connectivity index (χ4n) is 2.20. The molecule has 1 aliphatic rings. The summed E-state index contributed by atoms with van der Waals surface area (Å²) in [4.78, 5) is 22.6. The van der Waals surface area contributed by atoms with Gasteiger partial charge in [-0.1, -0.05) is 12.1 Å². The van der Waals surface area contributed by atoms with E-state index in [-0.39, 0.29) is 17.9 Å². The molecule has 0 aliphatic carbocycles. The van der Waals surface area contributed by atoms with Gasteiger partial charge in [-0.25, -0.2) is 4.79 Å². The topological polar surface area (TPSA) is 75.6 Å². The van der Waals surface area contributed by atoms with Crippen LogP contribution in [0.25, 0.3) is 6.08 Å². The van der Waals surface area contributed by atoms with Crippen molar-refractivity contribution in [3.8, 4) is 0 Å². The maximum Gasteiger partial charge on any atom is 0.328 e. The molecule has 2 atom stereocenters. The van der Waals surface area contributed by atoms with Crippen LogP contribution < -0.4 is 5.32 Å². The molecule has 0 saturated carbocycles. The third-order valence-corrected chi connectivity index (χ3v) is 3.29. The second kappa shape index (κ2) is 6.34. The van der Waals surface area contributed by atoms with Crippen LogP contribution in [0.15, 0.2) is 30.3 Å². The molecule has 5 heteroatoms. The van der Waals surface area contributed by atoms with Crippen molar-refractivity contribution in [2.24, 2.45) is 5.92 Å². The molecule has 0 radical (unpaired) electrons. The monoisotopic (exact) mass is 275 g/mol. The highest BCUT2D eigenvalue weighted by molar-refractivity contribution is 5.93. The number of carboxylic acid groups (broad SMARTS) is 1. The Morgan fingerprint density at radius 2 is 2.25 bits per heavy atom. The molecule has 1 fully saturated rings. The van der Waals surface area contributed by atoms with Gasteiger partial charge in [0.1, 0.15) is 0 Å². The molecule has 0 aromatic heterocycles. The van der Waals surface area contributed by atoms with Crippen molar-refractivity contribution in [2.45, 2.75) is 19.4 Å². The Bertz CT molecular complexity index is 538. The van der Waals surface area contributed by atoms with E-state index in [4.69, 9.17) is 9.84 Å². The quantitative estimate of drug-likeness (QED) is 0.825. The number of carboxylic acids is 1. The third-order valence-electron chi connectivity index (χ3n) is 3.29. The highest BCUT2D eigenvalue weighted by Crippen LogP contribution is 2.22. The number of ether oxygens (including phenoxy) is 1. The number of hydrogen-bond donors (Lipinski definition) is 2. The maximum absolute atomic E-state index is 12.1. The third kappa shape index (κ3) is 3.68. The van der Waals surface area contributed by atoms with E-state index in [1.807, 2.05) is 6.92 Å². The molecule has 1 saturated heterocycles. The van der Waals surface area contributed by atoms with Gasteiger partial charge < -0.3 is 15.2 Å². The largest absolute Gasteiger partial charge is 0.478 e. The predicted octanol–water partition coefficient (Wildman–Crippen LogP) is 2.15. The average Bonchev–Trinajstić information content (AvgIpc) is 2.83. The molecule has 2 unspecified atom stereocenters. The first-order valence-corrected chi connectivity index (χ1v) is 6.50. The van der Waals surface area contributed by atoms with E-state index in [0.29, 0.717) is 12.3 Å². The highest BCUT2D eigenvalue weighted by Gasteiger charge is 2.30. The van der Waals surface area contributed by atoms with Gasteiger partial charge >= 0.3 is 5.97 Å². The molecular weight excluding hydrogens is 258 g/mol. The van der Waals surface area contributed by atoms with Crippen LogP contribution in [-0.4, -0.2) is 29.7 Å². The number of hydrogen-bond acceptors (Lipinski definition) is 3. The predicted molar refractivity (Wildman–Crippen MR) is 75.3 cm³/mol. The van der Waals surface area contributed by atoms with Gasteiger partial charge in [-0.3, -0.25) is 4.79 Å². The van der Waals surface area contributed by atoms with Crippen molar-refractivity contribution < 1.29 is 19.4 Å². The van der Waals surface area contributed by atoms with Crippen molar-refractivity contribution in [3.63, 3.8) is 0 Å². The van der Waals surface area contributed by atoms with Gasteiger partial charge in [-0.05, 0) is 37.1 Å². The lowest BCUT2D eigenvalue weighted by atomic mass is 10.0. The van der Waals surface area contributed by atoms with E-state index in [1.165, 1.54) is 6.08 Å². The van der Waals surface area contributed by atoms with Crippen LogP contribution in [0.1, 0.15) is 18.9 Å². The number of carbonyl (C=O) groups is 2. The van der Waals surface area contributed by atoms with Gasteiger partial charge in [-0.2, -0.15) is 0 Å². The van der Waals surface area contributed by atoms with Crippen LogP contribution in [0, 0.1) is 5.92 Å². The Labute approximate surface area is 117 Å². The second-order valence-corrected chi connectivity index (χ2v) is 4.76. The number of nitrogens with one attached hydrogen (secondary N) is 1. The standard InChI is InChI=1S/C15H17NO4/c1-10-13(7-8-20-10)15(19)16-12-4-2-3-11(9-12)5-6-14(17)18/h2-6,9-10,13H,7-8H2,1H3,(H,16,19)(H,17,18). The molecule has 0 spiro atoms. The van der Waals surface area contributed by atoms with Crippen LogP contribution >= 0.6 is 0 Å². The summed E-state index contributed by atoms with van der Waals surface area (Å²) in [5.74, 6) is -1.20. The molecular formula is C15H17NO4. The summed E-state index contributed by atoms with van der Waals surface area (Å²) in [7, 11) is 0. The van der Waals surface area contributed by atoms with Crippen molar-refractivity contribution in [3.05, 3.63) is 35.9 Å². The fourth-order valence-corrected chi connectivity index (χ4v) is 2.20. The molecule has 106 valence electrons. The maximum atomic E-state index is 12.1. The number of benzene rings is 1. The Morgan fingerprint density at radius 3 is 2.90 bits per heavy atom. The molecule has 2 N–H and O–H groups in total. The first-order valence-electron chi connectivity index (χ1n) is 6.50. The van der Waals surface area contributed by atoms with Gasteiger partial charge in [-0.15, -0.1) is 0 Å². The Balaban J connectivity index is 2.04. The van der Waals surface area contributed by atoms with Gasteiger partial charge in [0.25, 0.3) is 0 Å². The van der Waals surface area contributed by atoms with E-state index in [9.17, 15) is 9.59 Å². The molecule has 0 bridgehead atoms. The Kier molecular flexibility index (Phi) is 4.53. The second-order valence-electron chi connectivity index (χ2n) is 4.76. The van der Waals surface area contributed by atoms with E-state index in [0.717, 1.165) is 18.1 Å². The van der Waals surface area contributed by atoms with Gasteiger partial charge in [0.2, 0.25) is 5.91 Å². The summed E-state index contributed by atoms with van der Waals surface area (Å²) in [6.07, 6.45) is 3.21. The minimum Gasteiger partial charge on any atom is -0.478 e. The lowest BCUT2D eigenvalue weighted by Gasteiger charge is -2.14. The number of amides is 1. The minimum absolute atomic E-state index is 0.0608. The zero-order valence-corrected chi connectivity index (χ0v) is 11.2. The number of carbonyl (C=O) groups excluding carboxylic acids is 1. The number of aliphatic carboxylic acids is 1. The van der Waals surface area contributed by atoms with Gasteiger partial charge in [0.15, 0.2) is 0 Å². The molecule has 1 amide bonds. The SMILES string of the molecule is CC1OCCC1C(=O)Nc1cccc(C=CC(=O)O)c1. The normalized spacial score (nSPS) is 22.1. The lowest BCUT2D eigenvalue weighted by molar-refractivity contribution is -0.131. The average molecular weight is 275 g/mol. The Hall–Kier alpha value is -2.14. The van der Waals surface area contributed by atoms with Crippen LogP contribution in [-0.2, 0) is 14.3 Å². The van der Waals surface area contributed by atoms with Crippen molar-refractivity contribution in [1.82, 2.24) is 0 Å². The summed E-state index contributed by atoms with van der Waals surface area (Å²) < 4.78 is 5.38. The minimum atomic E-state index is -1.00. The molecule has 5 nitrogen and oxygen atoms in total. The molecule has 1 aliphatic heterocycles. The smallest absolute Gasteiger partial charge is 0.328 e. The van der Waals surface area contributed by atoms with E-state index in [1.54, 1.807) is 24.3 Å². The zero-order valence-electron chi connectivity index (χ0n) is 11.2. The molecule has 2 rings (SSSR count). The highest BCUT2D eigenvalue weighted by atomic mass is 16.5. The number of rotatable bonds is 4. The van der Waals surface area contributed by atoms with E-state index < -0.39 is 5.97 Å². The summed E-state index contributed by atoms with van der Waals surface area (Å²) in [6, 6.07) is 7.05. The van der Waals surface area contributed by atoms with Crippen LogP contribution in [0.4, 0.5) is 5.69 Å². The first-order chi connectivity index (χ1) is 9.56. The van der Waals surface area contributed by atoms with E-state index in [2.05, 4.69) is 5.32 Å². The fraction of sp³-hybridized carbons (Fsp3) is 0.333. The van der Waals surface area contributed by atoms with Crippen molar-refractivity contribution >= 4 is 23.6 Å². The summed E-state index contributed by atoms with van der Waals surface area (Å²) in [6.45, 7) is 2.50. The van der Waals surface area contributed by atoms with Gasteiger partial charge in [0.05, 0.1) is 12.0 Å². The zero-order chi connectivity index (χ0) is 14.5. The number of anilines is 1. The van der Waals surface area contributed by atoms with E-state index >= 15 is 0 Å². The molecule has 1 aromatic carbocycles. The summed E-state index contributed by atoms with van der Waals surface area (Å²) >= 11 is 0. The Morgan fingerprint density at radius 1 is 1.45 bits per heavy atom. The molecule has 20 heavy (non-hydrogen) atoms. The van der Waals surface area contributed by atoms with Crippen molar-refractivity contribution in [1.29, 1.82) is 0 Å². The van der Waals surface area contributed by atoms with Crippen LogP contribution in [0.2, 0.25) is 0 Å². The lowest BCUT2D eigenvalue weighted by Crippen LogP contribution is -2.27.